The summed E-state index contributed by atoms with van der Waals surface area (Å²) in [5, 5.41) is 1.08. The highest BCUT2D eigenvalue weighted by molar-refractivity contribution is 5.83. The average Bonchev–Trinajstić information content (AvgIpc) is 3.39. The summed E-state index contributed by atoms with van der Waals surface area (Å²) in [6.07, 6.45) is 4.19. The summed E-state index contributed by atoms with van der Waals surface area (Å²) in [4.78, 5) is 13.5. The first kappa shape index (κ1) is 12.2. The number of anilines is 1. The second-order valence-corrected chi connectivity index (χ2v) is 5.33. The highest BCUT2D eigenvalue weighted by Gasteiger charge is 2.26. The highest BCUT2D eigenvalue weighted by atomic mass is 15.3. The standard InChI is InChI=1S/C16H15N5/c17-21-15-9-14(10-3-4-10)19-16(20-15)12-5-6-13-11(8-12)2-1-7-18-13/h1-2,5-10H,3-4,17H2,(H,19,20,21). The van der Waals surface area contributed by atoms with Gasteiger partial charge in [0.2, 0.25) is 0 Å². The molecule has 1 aliphatic rings. The molecular formula is C16H15N5. The number of nitrogen functional groups attached to an aromatic ring is 1. The molecule has 0 amide bonds. The predicted octanol–water partition coefficient (Wildman–Crippen LogP) is 2.85. The van der Waals surface area contributed by atoms with Gasteiger partial charge in [0.05, 0.1) is 5.52 Å². The molecule has 1 aromatic carbocycles. The van der Waals surface area contributed by atoms with Crippen LogP contribution >= 0.6 is 0 Å². The van der Waals surface area contributed by atoms with E-state index in [1.165, 1.54) is 12.8 Å². The molecule has 3 N–H and O–H groups in total. The van der Waals surface area contributed by atoms with Crippen molar-refractivity contribution < 1.29 is 0 Å². The van der Waals surface area contributed by atoms with Gasteiger partial charge < -0.3 is 5.43 Å². The Bertz CT molecular complexity index is 811. The van der Waals surface area contributed by atoms with Gasteiger partial charge in [-0.25, -0.2) is 15.8 Å². The Morgan fingerprint density at radius 1 is 1.10 bits per heavy atom. The monoisotopic (exact) mass is 277 g/mol. The van der Waals surface area contributed by atoms with Crippen molar-refractivity contribution in [3.05, 3.63) is 48.3 Å². The van der Waals surface area contributed by atoms with Crippen molar-refractivity contribution in [2.24, 2.45) is 5.84 Å². The van der Waals surface area contributed by atoms with Crippen LogP contribution in [0.1, 0.15) is 24.5 Å². The molecule has 0 unspecified atom stereocenters. The number of hydrazine groups is 1. The third-order valence-corrected chi connectivity index (χ3v) is 3.75. The lowest BCUT2D eigenvalue weighted by molar-refractivity contribution is 0.991. The van der Waals surface area contributed by atoms with Crippen molar-refractivity contribution in [1.29, 1.82) is 0 Å². The van der Waals surface area contributed by atoms with Gasteiger partial charge in [0.1, 0.15) is 5.82 Å². The van der Waals surface area contributed by atoms with Crippen molar-refractivity contribution in [2.75, 3.05) is 5.43 Å². The van der Waals surface area contributed by atoms with E-state index in [0.29, 0.717) is 17.6 Å². The van der Waals surface area contributed by atoms with Crippen molar-refractivity contribution >= 4 is 16.7 Å². The Morgan fingerprint density at radius 3 is 2.81 bits per heavy atom. The molecule has 104 valence electrons. The largest absolute Gasteiger partial charge is 0.308 e. The lowest BCUT2D eigenvalue weighted by Crippen LogP contribution is -2.10. The summed E-state index contributed by atoms with van der Waals surface area (Å²) in [6, 6.07) is 12.0. The number of benzene rings is 1. The van der Waals surface area contributed by atoms with E-state index in [0.717, 1.165) is 22.2 Å². The normalized spacial score (nSPS) is 14.3. The highest BCUT2D eigenvalue weighted by Crippen LogP contribution is 2.40. The number of pyridine rings is 1. The fourth-order valence-electron chi connectivity index (χ4n) is 2.47. The smallest absolute Gasteiger partial charge is 0.161 e. The summed E-state index contributed by atoms with van der Waals surface area (Å²) in [5.41, 5.74) is 5.65. The fourth-order valence-corrected chi connectivity index (χ4v) is 2.47. The minimum atomic E-state index is 0.556. The quantitative estimate of drug-likeness (QED) is 0.568. The number of hydrogen-bond acceptors (Lipinski definition) is 5. The number of nitrogens with zero attached hydrogens (tertiary/aromatic N) is 3. The molecule has 1 saturated carbocycles. The lowest BCUT2D eigenvalue weighted by Gasteiger charge is -2.08. The molecule has 0 spiro atoms. The van der Waals surface area contributed by atoms with Gasteiger partial charge in [-0.3, -0.25) is 4.98 Å². The molecule has 2 heterocycles. The van der Waals surface area contributed by atoms with E-state index in [2.05, 4.69) is 21.5 Å². The maximum atomic E-state index is 5.53. The molecule has 1 fully saturated rings. The predicted molar refractivity (Wildman–Crippen MR) is 82.6 cm³/mol. The van der Waals surface area contributed by atoms with E-state index in [1.54, 1.807) is 6.20 Å². The van der Waals surface area contributed by atoms with Gasteiger partial charge in [0.25, 0.3) is 0 Å². The minimum absolute atomic E-state index is 0.556. The Kier molecular flexibility index (Phi) is 2.79. The lowest BCUT2D eigenvalue weighted by atomic mass is 10.1. The van der Waals surface area contributed by atoms with Gasteiger partial charge in [-0.15, -0.1) is 0 Å². The van der Waals surface area contributed by atoms with Gasteiger partial charge >= 0.3 is 0 Å². The zero-order valence-corrected chi connectivity index (χ0v) is 11.5. The molecule has 2 aromatic heterocycles. The average molecular weight is 277 g/mol. The SMILES string of the molecule is NNc1cc(C2CC2)nc(-c2ccc3ncccc3c2)n1. The molecular weight excluding hydrogens is 262 g/mol. The third kappa shape index (κ3) is 2.32. The third-order valence-electron chi connectivity index (χ3n) is 3.75. The van der Waals surface area contributed by atoms with Gasteiger partial charge in [-0.05, 0) is 37.1 Å². The zero-order chi connectivity index (χ0) is 14.2. The van der Waals surface area contributed by atoms with Crippen molar-refractivity contribution in [3.63, 3.8) is 0 Å². The second kappa shape index (κ2) is 4.79. The van der Waals surface area contributed by atoms with E-state index in [9.17, 15) is 0 Å². The van der Waals surface area contributed by atoms with Crippen LogP contribution < -0.4 is 11.3 Å². The molecule has 5 heteroatoms. The van der Waals surface area contributed by atoms with Crippen molar-refractivity contribution in [1.82, 2.24) is 15.0 Å². The van der Waals surface area contributed by atoms with Gasteiger partial charge in [0.15, 0.2) is 5.82 Å². The minimum Gasteiger partial charge on any atom is -0.308 e. The number of fused-ring (bicyclic) bond motifs is 1. The summed E-state index contributed by atoms with van der Waals surface area (Å²) >= 11 is 0. The molecule has 0 bridgehead atoms. The van der Waals surface area contributed by atoms with E-state index in [1.807, 2.05) is 30.3 Å². The van der Waals surface area contributed by atoms with Crippen LogP contribution in [0.4, 0.5) is 5.82 Å². The molecule has 1 aliphatic carbocycles. The van der Waals surface area contributed by atoms with Crippen LogP contribution in [0.5, 0.6) is 0 Å². The van der Waals surface area contributed by atoms with Crippen LogP contribution in [0.3, 0.4) is 0 Å². The van der Waals surface area contributed by atoms with E-state index in [-0.39, 0.29) is 0 Å². The Hall–Kier alpha value is -2.53. The Morgan fingerprint density at radius 2 is 2.00 bits per heavy atom. The molecule has 5 nitrogen and oxygen atoms in total. The van der Waals surface area contributed by atoms with Crippen LogP contribution in [0, 0.1) is 0 Å². The van der Waals surface area contributed by atoms with E-state index >= 15 is 0 Å². The molecule has 3 aromatic rings. The maximum Gasteiger partial charge on any atom is 0.161 e. The number of rotatable bonds is 3. The molecule has 0 saturated heterocycles. The van der Waals surface area contributed by atoms with E-state index in [4.69, 9.17) is 10.8 Å². The summed E-state index contributed by atoms with van der Waals surface area (Å²) in [5.74, 6) is 7.45. The van der Waals surface area contributed by atoms with Crippen LogP contribution in [0.15, 0.2) is 42.6 Å². The number of nitrogens with one attached hydrogen (secondary N) is 1. The Balaban J connectivity index is 1.84. The maximum absolute atomic E-state index is 5.53. The van der Waals surface area contributed by atoms with E-state index < -0.39 is 0 Å². The van der Waals surface area contributed by atoms with Gasteiger partial charge in [-0.2, -0.15) is 0 Å². The van der Waals surface area contributed by atoms with Gasteiger partial charge in [0, 0.05) is 34.8 Å². The molecule has 0 aliphatic heterocycles. The summed E-state index contributed by atoms with van der Waals surface area (Å²) < 4.78 is 0. The molecule has 0 atom stereocenters. The van der Waals surface area contributed by atoms with Crippen molar-refractivity contribution in [3.8, 4) is 11.4 Å². The molecule has 0 radical (unpaired) electrons. The first-order chi connectivity index (χ1) is 10.3. The number of nitrogens with two attached hydrogens (primary N) is 1. The number of hydrogen-bond donors (Lipinski definition) is 2. The summed E-state index contributed by atoms with van der Waals surface area (Å²) in [6.45, 7) is 0. The fraction of sp³-hybridized carbons (Fsp3) is 0.188. The van der Waals surface area contributed by atoms with Crippen LogP contribution in [0.25, 0.3) is 22.3 Å². The van der Waals surface area contributed by atoms with Crippen LogP contribution in [-0.2, 0) is 0 Å². The van der Waals surface area contributed by atoms with Crippen molar-refractivity contribution in [2.45, 2.75) is 18.8 Å². The summed E-state index contributed by atoms with van der Waals surface area (Å²) in [7, 11) is 0. The Labute approximate surface area is 122 Å². The van der Waals surface area contributed by atoms with Gasteiger partial charge in [-0.1, -0.05) is 6.07 Å². The van der Waals surface area contributed by atoms with Crippen LogP contribution in [-0.4, -0.2) is 15.0 Å². The first-order valence-corrected chi connectivity index (χ1v) is 7.04. The number of aromatic nitrogens is 3. The molecule has 21 heavy (non-hydrogen) atoms. The second-order valence-electron chi connectivity index (χ2n) is 5.33. The van der Waals surface area contributed by atoms with Crippen LogP contribution in [0.2, 0.25) is 0 Å². The zero-order valence-electron chi connectivity index (χ0n) is 11.5. The molecule has 4 rings (SSSR count). The first-order valence-electron chi connectivity index (χ1n) is 7.04. The topological polar surface area (TPSA) is 76.7 Å².